The second-order valence-corrected chi connectivity index (χ2v) is 11.1. The van der Waals surface area contributed by atoms with Crippen LogP contribution in [0.5, 0.6) is 11.6 Å². The lowest BCUT2D eigenvalue weighted by Crippen LogP contribution is -2.58. The van der Waals surface area contributed by atoms with Gasteiger partial charge in [0, 0.05) is 43.3 Å². The number of anilines is 2. The molecule has 2 aromatic rings. The van der Waals surface area contributed by atoms with Crippen LogP contribution in [-0.4, -0.2) is 83.8 Å². The number of para-hydroxylation sites is 1. The Hall–Kier alpha value is -3.84. The van der Waals surface area contributed by atoms with E-state index < -0.39 is 5.82 Å². The van der Waals surface area contributed by atoms with E-state index in [9.17, 15) is 19.6 Å². The molecule has 0 radical (unpaired) electrons. The number of phenols is 1. The molecule has 40 heavy (non-hydrogen) atoms. The lowest BCUT2D eigenvalue weighted by atomic mass is 9.95. The Morgan fingerprint density at radius 2 is 2.08 bits per heavy atom. The van der Waals surface area contributed by atoms with Gasteiger partial charge in [-0.2, -0.15) is 5.26 Å². The summed E-state index contributed by atoms with van der Waals surface area (Å²) in [7, 11) is 2.07. The van der Waals surface area contributed by atoms with Crippen molar-refractivity contribution in [3.63, 3.8) is 0 Å². The third-order valence-corrected chi connectivity index (χ3v) is 8.50. The number of likely N-dealkylation sites (N-methyl/N-ethyl adjacent to an activating group) is 1. The van der Waals surface area contributed by atoms with Crippen LogP contribution in [0, 0.1) is 17.1 Å². The molecule has 5 rings (SSSR count). The number of pyridine rings is 1. The highest BCUT2D eigenvalue weighted by Crippen LogP contribution is 2.41. The van der Waals surface area contributed by atoms with Crippen molar-refractivity contribution in [1.29, 1.82) is 5.26 Å². The number of aromatic hydroxyl groups is 1. The zero-order chi connectivity index (χ0) is 28.6. The third kappa shape index (κ3) is 5.06. The Bertz CT molecular complexity index is 1320. The predicted molar refractivity (Wildman–Crippen MR) is 151 cm³/mol. The van der Waals surface area contributed by atoms with Crippen LogP contribution >= 0.6 is 0 Å². The lowest BCUT2D eigenvalue weighted by Gasteiger charge is -2.46. The Labute approximate surface area is 235 Å². The van der Waals surface area contributed by atoms with E-state index in [-0.39, 0.29) is 47.9 Å². The van der Waals surface area contributed by atoms with Crippen LogP contribution in [0.3, 0.4) is 0 Å². The molecule has 9 nitrogen and oxygen atoms in total. The molecular formula is C30H37FN6O3. The fraction of sp³-hybridized carbons (Fsp3) is 0.500. The summed E-state index contributed by atoms with van der Waals surface area (Å²) in [6, 6.07) is 6.76. The Morgan fingerprint density at radius 1 is 1.27 bits per heavy atom. The molecule has 0 aliphatic carbocycles. The zero-order valence-corrected chi connectivity index (χ0v) is 23.4. The molecule has 3 atom stereocenters. The first-order valence-corrected chi connectivity index (χ1v) is 13.9. The first-order chi connectivity index (χ1) is 19.2. The van der Waals surface area contributed by atoms with Crippen molar-refractivity contribution in [3.8, 4) is 17.7 Å². The van der Waals surface area contributed by atoms with Crippen LogP contribution in [0.1, 0.15) is 43.5 Å². The van der Waals surface area contributed by atoms with Crippen molar-refractivity contribution in [2.24, 2.45) is 0 Å². The van der Waals surface area contributed by atoms with E-state index in [0.717, 1.165) is 30.6 Å². The molecule has 0 bridgehead atoms. The van der Waals surface area contributed by atoms with Crippen molar-refractivity contribution in [2.45, 2.75) is 57.8 Å². The van der Waals surface area contributed by atoms with Gasteiger partial charge < -0.3 is 29.4 Å². The van der Waals surface area contributed by atoms with Crippen LogP contribution in [0.4, 0.5) is 15.8 Å². The van der Waals surface area contributed by atoms with Crippen molar-refractivity contribution < 1.29 is 19.0 Å². The summed E-state index contributed by atoms with van der Waals surface area (Å²) in [4.78, 5) is 25.4. The zero-order valence-electron chi connectivity index (χ0n) is 23.4. The molecule has 1 aromatic heterocycles. The molecule has 212 valence electrons. The molecule has 0 unspecified atom stereocenters. The second-order valence-electron chi connectivity index (χ2n) is 11.1. The molecule has 3 aliphatic rings. The topological polar surface area (TPSA) is 96.2 Å². The number of hydrogen-bond donors (Lipinski definition) is 1. The molecule has 1 amide bonds. The number of likely N-dealkylation sites (tertiary alicyclic amines) is 1. The Morgan fingerprint density at radius 3 is 2.75 bits per heavy atom. The molecule has 1 N–H and O–H groups in total. The van der Waals surface area contributed by atoms with Gasteiger partial charge >= 0.3 is 0 Å². The maximum atomic E-state index is 14.8. The number of benzene rings is 1. The number of piperazine rings is 1. The van der Waals surface area contributed by atoms with Gasteiger partial charge in [0.2, 0.25) is 11.8 Å². The molecular weight excluding hydrogens is 511 g/mol. The number of amides is 1. The number of ether oxygens (including phenoxy) is 1. The summed E-state index contributed by atoms with van der Waals surface area (Å²) in [5.41, 5.74) is 2.95. The molecule has 2 fully saturated rings. The fourth-order valence-electron chi connectivity index (χ4n) is 6.29. The van der Waals surface area contributed by atoms with E-state index in [1.807, 2.05) is 18.7 Å². The van der Waals surface area contributed by atoms with Crippen LogP contribution < -0.4 is 14.5 Å². The first kappa shape index (κ1) is 27.7. The van der Waals surface area contributed by atoms with Gasteiger partial charge in [0.25, 0.3) is 0 Å². The second kappa shape index (κ2) is 11.3. The molecule has 10 heteroatoms. The number of carbonyl (C=O) groups excluding carboxylic acids is 1. The minimum Gasteiger partial charge on any atom is -0.506 e. The van der Waals surface area contributed by atoms with Crippen LogP contribution in [0.15, 0.2) is 30.9 Å². The average Bonchev–Trinajstić information content (AvgIpc) is 3.35. The highest BCUT2D eigenvalue weighted by atomic mass is 19.1. The van der Waals surface area contributed by atoms with E-state index in [4.69, 9.17) is 9.72 Å². The molecule has 3 aliphatic heterocycles. The SMILES string of the molecule is C=CC(=O)N1C[C@H](C)N(c2c(C#N)c(OC[C@@H]3CCCN3C)nc3c2CCN(c2c(O)cccc2F)C3)C[C@H]1C. The number of nitriles is 1. The number of fused-ring (bicyclic) bond motifs is 1. The van der Waals surface area contributed by atoms with Gasteiger partial charge in [-0.15, -0.1) is 0 Å². The van der Waals surface area contributed by atoms with Crippen molar-refractivity contribution in [2.75, 3.05) is 49.6 Å². The van der Waals surface area contributed by atoms with Gasteiger partial charge in [0.05, 0.1) is 17.9 Å². The van der Waals surface area contributed by atoms with Crippen molar-refractivity contribution in [1.82, 2.24) is 14.8 Å². The van der Waals surface area contributed by atoms with Gasteiger partial charge in [-0.05, 0) is 64.9 Å². The minimum atomic E-state index is -0.497. The van der Waals surface area contributed by atoms with Gasteiger partial charge in [0.1, 0.15) is 35.5 Å². The summed E-state index contributed by atoms with van der Waals surface area (Å²) in [5, 5.41) is 20.9. The van der Waals surface area contributed by atoms with Gasteiger partial charge in [0.15, 0.2) is 0 Å². The highest BCUT2D eigenvalue weighted by Gasteiger charge is 2.37. The number of halogens is 1. The van der Waals surface area contributed by atoms with Crippen LogP contribution in [0.2, 0.25) is 0 Å². The van der Waals surface area contributed by atoms with E-state index in [1.54, 1.807) is 4.90 Å². The molecule has 2 saturated heterocycles. The maximum absolute atomic E-state index is 14.8. The standard InChI is InChI=1S/C30H37FN6O3/c1-5-27(39)36-15-20(3)37(16-19(36)2)28-22-11-13-35(29-24(31)9-6-10-26(29)38)17-25(22)33-30(23(28)14-32)40-18-21-8-7-12-34(21)4/h5-6,9-10,19-21,38H,1,7-8,11-13,15-18H2,2-4H3/t19-,20+,21+/m1/s1. The largest absolute Gasteiger partial charge is 0.506 e. The lowest BCUT2D eigenvalue weighted by molar-refractivity contribution is -0.128. The van der Waals surface area contributed by atoms with Crippen molar-refractivity contribution >= 4 is 17.3 Å². The van der Waals surface area contributed by atoms with Crippen LogP contribution in [-0.2, 0) is 17.8 Å². The molecule has 4 heterocycles. The molecule has 1 aromatic carbocycles. The monoisotopic (exact) mass is 548 g/mol. The number of carbonyl (C=O) groups is 1. The van der Waals surface area contributed by atoms with E-state index in [1.165, 1.54) is 24.3 Å². The fourth-order valence-corrected chi connectivity index (χ4v) is 6.29. The van der Waals surface area contributed by atoms with Gasteiger partial charge in [-0.1, -0.05) is 12.6 Å². The van der Waals surface area contributed by atoms with Crippen molar-refractivity contribution in [3.05, 3.63) is 53.5 Å². The first-order valence-electron chi connectivity index (χ1n) is 13.9. The van der Waals surface area contributed by atoms with E-state index >= 15 is 0 Å². The summed E-state index contributed by atoms with van der Waals surface area (Å²) in [6.07, 6.45) is 3.97. The quantitative estimate of drug-likeness (QED) is 0.549. The van der Waals surface area contributed by atoms with Gasteiger partial charge in [-0.25, -0.2) is 9.37 Å². The average molecular weight is 549 g/mol. The van der Waals surface area contributed by atoms with E-state index in [0.29, 0.717) is 43.9 Å². The maximum Gasteiger partial charge on any atom is 0.246 e. The summed E-state index contributed by atoms with van der Waals surface area (Å²) in [6.45, 7) is 10.9. The number of aromatic nitrogens is 1. The number of nitrogens with zero attached hydrogens (tertiary/aromatic N) is 6. The van der Waals surface area contributed by atoms with E-state index in [2.05, 4.69) is 29.5 Å². The van der Waals surface area contributed by atoms with Crippen LogP contribution in [0.25, 0.3) is 0 Å². The normalized spacial score (nSPS) is 23.1. The Balaban J connectivity index is 1.56. The predicted octanol–water partition coefficient (Wildman–Crippen LogP) is 3.45. The smallest absolute Gasteiger partial charge is 0.246 e. The molecule has 0 saturated carbocycles. The number of phenolic OH excluding ortho intramolecular Hbond substituents is 1. The molecule has 0 spiro atoms. The van der Waals surface area contributed by atoms with Gasteiger partial charge in [-0.3, -0.25) is 4.79 Å². The minimum absolute atomic E-state index is 0.0684. The Kier molecular flexibility index (Phi) is 7.86. The summed E-state index contributed by atoms with van der Waals surface area (Å²) < 4.78 is 21.1. The summed E-state index contributed by atoms with van der Waals surface area (Å²) >= 11 is 0. The summed E-state index contributed by atoms with van der Waals surface area (Å²) in [5.74, 6) is -0.450. The number of hydrogen-bond acceptors (Lipinski definition) is 8. The highest BCUT2D eigenvalue weighted by molar-refractivity contribution is 5.87. The number of rotatable bonds is 6. The third-order valence-electron chi connectivity index (χ3n) is 8.50.